The Morgan fingerprint density at radius 2 is 2.09 bits per heavy atom. The second-order valence-electron chi connectivity index (χ2n) is 5.61. The topological polar surface area (TPSA) is 49.2 Å². The first-order valence-electron chi connectivity index (χ1n) is 7.39. The average Bonchev–Trinajstić information content (AvgIpc) is 3.18. The molecule has 1 aliphatic rings. The van der Waals surface area contributed by atoms with Crippen molar-refractivity contribution in [2.45, 2.75) is 25.4 Å². The Morgan fingerprint density at radius 3 is 2.86 bits per heavy atom. The lowest BCUT2D eigenvalue weighted by Crippen LogP contribution is -2.34. The third-order valence-electron chi connectivity index (χ3n) is 3.98. The highest BCUT2D eigenvalue weighted by Crippen LogP contribution is 2.39. The van der Waals surface area contributed by atoms with Crippen LogP contribution in [0.4, 0.5) is 0 Å². The summed E-state index contributed by atoms with van der Waals surface area (Å²) in [6.45, 7) is 3.07. The van der Waals surface area contributed by atoms with Gasteiger partial charge >= 0.3 is 0 Å². The lowest BCUT2D eigenvalue weighted by Gasteiger charge is -2.29. The molecule has 0 N–H and O–H groups in total. The maximum absolute atomic E-state index is 6.21. The molecule has 2 heterocycles. The molecule has 1 fully saturated rings. The smallest absolute Gasteiger partial charge is 0.216 e. The molecular formula is C17H17N3O2. The van der Waals surface area contributed by atoms with Gasteiger partial charge in [-0.25, -0.2) is 9.67 Å². The van der Waals surface area contributed by atoms with Gasteiger partial charge in [0.2, 0.25) is 5.79 Å². The predicted octanol–water partition coefficient (Wildman–Crippen LogP) is 2.72. The first-order valence-corrected chi connectivity index (χ1v) is 7.39. The largest absolute Gasteiger partial charge is 0.342 e. The Morgan fingerprint density at radius 1 is 1.23 bits per heavy atom. The van der Waals surface area contributed by atoms with Crippen LogP contribution in [0.5, 0.6) is 0 Å². The van der Waals surface area contributed by atoms with Crippen molar-refractivity contribution in [1.29, 1.82) is 0 Å². The van der Waals surface area contributed by atoms with Crippen LogP contribution < -0.4 is 0 Å². The minimum Gasteiger partial charge on any atom is -0.342 e. The third kappa shape index (κ3) is 2.19. The second kappa shape index (κ2) is 5.19. The Labute approximate surface area is 128 Å². The van der Waals surface area contributed by atoms with Gasteiger partial charge in [0.15, 0.2) is 0 Å². The molecule has 5 heteroatoms. The summed E-state index contributed by atoms with van der Waals surface area (Å²) in [4.78, 5) is 4.01. The zero-order valence-electron chi connectivity index (χ0n) is 12.3. The van der Waals surface area contributed by atoms with Gasteiger partial charge in [0.25, 0.3) is 0 Å². The highest BCUT2D eigenvalue weighted by atomic mass is 16.7. The summed E-state index contributed by atoms with van der Waals surface area (Å²) < 4.78 is 14.1. The van der Waals surface area contributed by atoms with Crippen LogP contribution in [0, 0.1) is 0 Å². The van der Waals surface area contributed by atoms with Crippen LogP contribution in [0.3, 0.4) is 0 Å². The van der Waals surface area contributed by atoms with Crippen molar-refractivity contribution >= 4 is 10.8 Å². The maximum Gasteiger partial charge on any atom is 0.216 e. The minimum absolute atomic E-state index is 0.0440. The molecule has 1 aromatic heterocycles. The number of benzene rings is 2. The molecule has 0 bridgehead atoms. The van der Waals surface area contributed by atoms with Crippen molar-refractivity contribution in [1.82, 2.24) is 14.8 Å². The van der Waals surface area contributed by atoms with Crippen molar-refractivity contribution in [3.05, 3.63) is 60.7 Å². The number of hydrogen-bond donors (Lipinski definition) is 0. The van der Waals surface area contributed by atoms with Crippen LogP contribution in [0.2, 0.25) is 0 Å². The Kier molecular flexibility index (Phi) is 3.17. The number of fused-ring (bicyclic) bond motifs is 1. The van der Waals surface area contributed by atoms with Gasteiger partial charge < -0.3 is 9.47 Å². The Bertz CT molecular complexity index is 782. The summed E-state index contributed by atoms with van der Waals surface area (Å²) in [7, 11) is 0. The van der Waals surface area contributed by atoms with E-state index in [1.807, 2.05) is 25.1 Å². The average molecular weight is 295 g/mol. The lowest BCUT2D eigenvalue weighted by atomic mass is 9.97. The van der Waals surface area contributed by atoms with Gasteiger partial charge in [0.1, 0.15) is 19.2 Å². The van der Waals surface area contributed by atoms with E-state index < -0.39 is 5.79 Å². The van der Waals surface area contributed by atoms with E-state index in [1.165, 1.54) is 11.7 Å². The molecule has 1 saturated heterocycles. The molecule has 2 unspecified atom stereocenters. The van der Waals surface area contributed by atoms with Crippen LogP contribution in [0.25, 0.3) is 10.8 Å². The molecule has 3 aromatic rings. The van der Waals surface area contributed by atoms with Crippen LogP contribution in [0.15, 0.2) is 55.1 Å². The van der Waals surface area contributed by atoms with E-state index in [4.69, 9.17) is 9.47 Å². The van der Waals surface area contributed by atoms with Crippen LogP contribution in [-0.4, -0.2) is 27.5 Å². The Hall–Kier alpha value is -2.24. The zero-order valence-corrected chi connectivity index (χ0v) is 12.3. The molecule has 1 aliphatic heterocycles. The van der Waals surface area contributed by atoms with E-state index in [-0.39, 0.29) is 6.10 Å². The van der Waals surface area contributed by atoms with E-state index in [9.17, 15) is 0 Å². The molecule has 0 spiro atoms. The van der Waals surface area contributed by atoms with Crippen LogP contribution in [0.1, 0.15) is 12.5 Å². The number of aromatic nitrogens is 3. The molecule has 22 heavy (non-hydrogen) atoms. The highest BCUT2D eigenvalue weighted by Gasteiger charge is 2.43. The molecule has 0 amide bonds. The van der Waals surface area contributed by atoms with Gasteiger partial charge in [-0.3, -0.25) is 0 Å². The van der Waals surface area contributed by atoms with Crippen molar-refractivity contribution in [3.8, 4) is 0 Å². The van der Waals surface area contributed by atoms with Crippen molar-refractivity contribution < 1.29 is 9.47 Å². The van der Waals surface area contributed by atoms with Crippen LogP contribution in [-0.2, 0) is 21.8 Å². The van der Waals surface area contributed by atoms with E-state index in [0.29, 0.717) is 13.2 Å². The minimum atomic E-state index is -0.825. The standard InChI is InChI=1S/C17H17N3O2/c1-13-9-21-17(22-13,10-20-12-18-11-19-20)16-8-4-6-14-5-2-3-7-15(14)16/h2-8,11-13H,9-10H2,1H3. The first-order chi connectivity index (χ1) is 10.8. The van der Waals surface area contributed by atoms with Crippen LogP contribution >= 0.6 is 0 Å². The van der Waals surface area contributed by atoms with Crippen molar-refractivity contribution in [3.63, 3.8) is 0 Å². The molecule has 4 rings (SSSR count). The molecule has 0 saturated carbocycles. The fourth-order valence-electron chi connectivity index (χ4n) is 3.04. The van der Waals surface area contributed by atoms with Gasteiger partial charge in [-0.05, 0) is 17.7 Å². The molecule has 5 nitrogen and oxygen atoms in total. The van der Waals surface area contributed by atoms with Gasteiger partial charge in [-0.15, -0.1) is 0 Å². The molecule has 0 aliphatic carbocycles. The molecule has 2 aromatic carbocycles. The molecule has 0 radical (unpaired) electrons. The SMILES string of the molecule is CC1COC(Cn2cncn2)(c2cccc3ccccc23)O1. The van der Waals surface area contributed by atoms with E-state index >= 15 is 0 Å². The Balaban J connectivity index is 1.86. The summed E-state index contributed by atoms with van der Waals surface area (Å²) in [5.41, 5.74) is 1.03. The fraction of sp³-hybridized carbons (Fsp3) is 0.294. The first kappa shape index (κ1) is 13.4. The number of hydrogen-bond acceptors (Lipinski definition) is 4. The zero-order chi connectivity index (χ0) is 15.0. The van der Waals surface area contributed by atoms with Crippen molar-refractivity contribution in [2.24, 2.45) is 0 Å². The van der Waals surface area contributed by atoms with E-state index in [1.54, 1.807) is 11.0 Å². The van der Waals surface area contributed by atoms with E-state index in [2.05, 4.69) is 34.3 Å². The van der Waals surface area contributed by atoms with Gasteiger partial charge in [0, 0.05) is 5.56 Å². The maximum atomic E-state index is 6.21. The fourth-order valence-corrected chi connectivity index (χ4v) is 3.04. The predicted molar refractivity (Wildman–Crippen MR) is 82.1 cm³/mol. The summed E-state index contributed by atoms with van der Waals surface area (Å²) >= 11 is 0. The quantitative estimate of drug-likeness (QED) is 0.745. The molecule has 2 atom stereocenters. The summed E-state index contributed by atoms with van der Waals surface area (Å²) in [5.74, 6) is -0.825. The summed E-state index contributed by atoms with van der Waals surface area (Å²) in [6.07, 6.45) is 3.25. The molecule has 112 valence electrons. The second-order valence-corrected chi connectivity index (χ2v) is 5.61. The number of rotatable bonds is 3. The molecular weight excluding hydrogens is 278 g/mol. The number of ether oxygens (including phenoxy) is 2. The van der Waals surface area contributed by atoms with E-state index in [0.717, 1.165) is 10.9 Å². The highest BCUT2D eigenvalue weighted by molar-refractivity contribution is 5.86. The summed E-state index contributed by atoms with van der Waals surface area (Å²) in [6, 6.07) is 14.5. The van der Waals surface area contributed by atoms with Crippen molar-refractivity contribution in [2.75, 3.05) is 6.61 Å². The van der Waals surface area contributed by atoms with Gasteiger partial charge in [0.05, 0.1) is 12.7 Å². The normalized spacial score (nSPS) is 24.9. The third-order valence-corrected chi connectivity index (χ3v) is 3.98. The van der Waals surface area contributed by atoms with Gasteiger partial charge in [-0.2, -0.15) is 5.10 Å². The van der Waals surface area contributed by atoms with Gasteiger partial charge in [-0.1, -0.05) is 42.5 Å². The lowest BCUT2D eigenvalue weighted by molar-refractivity contribution is -0.185. The number of nitrogens with zero attached hydrogens (tertiary/aromatic N) is 3. The summed E-state index contributed by atoms with van der Waals surface area (Å²) in [5, 5.41) is 6.51. The monoisotopic (exact) mass is 295 g/mol.